The number of hydrogen-bond acceptors (Lipinski definition) is 3. The van der Waals surface area contributed by atoms with Gasteiger partial charge in [0.2, 0.25) is 5.91 Å². The number of nitrogens with one attached hydrogen (secondary N) is 1. The summed E-state index contributed by atoms with van der Waals surface area (Å²) in [5.74, 6) is -0.835. The predicted molar refractivity (Wildman–Crippen MR) is 95.3 cm³/mol. The van der Waals surface area contributed by atoms with Gasteiger partial charge in [0, 0.05) is 7.11 Å². The van der Waals surface area contributed by atoms with E-state index in [-0.39, 0.29) is 5.91 Å². The van der Waals surface area contributed by atoms with Crippen molar-refractivity contribution in [3.63, 3.8) is 0 Å². The summed E-state index contributed by atoms with van der Waals surface area (Å²) in [6.45, 7) is 2.18. The Labute approximate surface area is 145 Å². The lowest BCUT2D eigenvalue weighted by atomic mass is 10.0. The van der Waals surface area contributed by atoms with Crippen LogP contribution in [0.2, 0.25) is 0 Å². The molecule has 5 heteroatoms. The third-order valence-electron chi connectivity index (χ3n) is 4.08. The Balaban J connectivity index is 2.51. The fraction of sp³-hybridized carbons (Fsp3) is 0.579. The fourth-order valence-electron chi connectivity index (χ4n) is 2.68. The largest absolute Gasteiger partial charge is 0.368 e. The van der Waals surface area contributed by atoms with Crippen LogP contribution in [0.5, 0.6) is 0 Å². The first kappa shape index (κ1) is 20.2. The summed E-state index contributed by atoms with van der Waals surface area (Å²) >= 11 is 0. The van der Waals surface area contributed by atoms with Crippen LogP contribution in [0.4, 0.5) is 0 Å². The number of nitrogens with two attached hydrogens (primary N) is 1. The molecule has 134 valence electrons. The Morgan fingerprint density at radius 2 is 1.71 bits per heavy atom. The average molecular weight is 334 g/mol. The van der Waals surface area contributed by atoms with E-state index in [1.807, 2.05) is 30.3 Å². The molecule has 0 aliphatic rings. The summed E-state index contributed by atoms with van der Waals surface area (Å²) in [7, 11) is 1.48. The molecule has 24 heavy (non-hydrogen) atoms. The van der Waals surface area contributed by atoms with Crippen molar-refractivity contribution in [3.05, 3.63) is 35.9 Å². The van der Waals surface area contributed by atoms with Gasteiger partial charge in [0.1, 0.15) is 6.04 Å². The monoisotopic (exact) mass is 334 g/mol. The molecule has 0 unspecified atom stereocenters. The van der Waals surface area contributed by atoms with Crippen LogP contribution in [0.1, 0.15) is 63.5 Å². The summed E-state index contributed by atoms with van der Waals surface area (Å²) < 4.78 is 5.28. The van der Waals surface area contributed by atoms with Gasteiger partial charge < -0.3 is 15.8 Å². The zero-order chi connectivity index (χ0) is 17.8. The van der Waals surface area contributed by atoms with E-state index in [4.69, 9.17) is 10.5 Å². The van der Waals surface area contributed by atoms with Crippen LogP contribution in [0, 0.1) is 0 Å². The molecule has 0 aliphatic carbocycles. The van der Waals surface area contributed by atoms with Gasteiger partial charge in [0.15, 0.2) is 6.10 Å². The van der Waals surface area contributed by atoms with E-state index in [0.717, 1.165) is 24.8 Å². The molecule has 2 amide bonds. The highest BCUT2D eigenvalue weighted by Crippen LogP contribution is 2.17. The molecule has 0 heterocycles. The number of ether oxygens (including phenoxy) is 1. The maximum absolute atomic E-state index is 12.4. The van der Waals surface area contributed by atoms with Crippen LogP contribution in [0.25, 0.3) is 0 Å². The molecule has 0 fully saturated rings. The summed E-state index contributed by atoms with van der Waals surface area (Å²) in [6.07, 6.45) is 6.56. The average Bonchev–Trinajstić information content (AvgIpc) is 2.58. The van der Waals surface area contributed by atoms with Crippen molar-refractivity contribution in [1.29, 1.82) is 0 Å². The molecule has 2 atom stereocenters. The van der Waals surface area contributed by atoms with Crippen molar-refractivity contribution in [1.82, 2.24) is 5.32 Å². The van der Waals surface area contributed by atoms with Crippen LogP contribution in [-0.2, 0) is 14.3 Å². The van der Waals surface area contributed by atoms with E-state index in [0.29, 0.717) is 6.42 Å². The zero-order valence-corrected chi connectivity index (χ0v) is 14.8. The van der Waals surface area contributed by atoms with Gasteiger partial charge in [-0.3, -0.25) is 9.59 Å². The number of methoxy groups -OCH3 is 1. The van der Waals surface area contributed by atoms with Gasteiger partial charge in [-0.05, 0) is 12.0 Å². The lowest BCUT2D eigenvalue weighted by Gasteiger charge is -2.20. The van der Waals surface area contributed by atoms with Gasteiger partial charge in [-0.25, -0.2) is 0 Å². The van der Waals surface area contributed by atoms with Gasteiger partial charge in [-0.2, -0.15) is 0 Å². The Kier molecular flexibility index (Phi) is 9.77. The summed E-state index contributed by atoms with van der Waals surface area (Å²) in [5.41, 5.74) is 6.18. The third kappa shape index (κ3) is 7.13. The second-order valence-corrected chi connectivity index (χ2v) is 6.05. The first-order chi connectivity index (χ1) is 11.6. The van der Waals surface area contributed by atoms with Crippen molar-refractivity contribution >= 4 is 11.8 Å². The number of hydrogen-bond donors (Lipinski definition) is 2. The van der Waals surface area contributed by atoms with Gasteiger partial charge >= 0.3 is 0 Å². The lowest BCUT2D eigenvalue weighted by Crippen LogP contribution is -2.46. The molecule has 0 bridgehead atoms. The summed E-state index contributed by atoms with van der Waals surface area (Å²) in [4.78, 5) is 24.0. The van der Waals surface area contributed by atoms with Crippen LogP contribution in [0.15, 0.2) is 30.3 Å². The normalized spacial score (nSPS) is 13.2. The zero-order valence-electron chi connectivity index (χ0n) is 14.8. The van der Waals surface area contributed by atoms with Crippen LogP contribution in [-0.4, -0.2) is 25.0 Å². The highest BCUT2D eigenvalue weighted by molar-refractivity contribution is 5.89. The highest BCUT2D eigenvalue weighted by Gasteiger charge is 2.24. The quantitative estimate of drug-likeness (QED) is 0.576. The highest BCUT2D eigenvalue weighted by atomic mass is 16.5. The van der Waals surface area contributed by atoms with Crippen LogP contribution in [0.3, 0.4) is 0 Å². The van der Waals surface area contributed by atoms with Crippen molar-refractivity contribution in [3.8, 4) is 0 Å². The minimum atomic E-state index is -0.738. The number of primary amides is 1. The van der Waals surface area contributed by atoms with Gasteiger partial charge in [0.05, 0.1) is 0 Å². The van der Waals surface area contributed by atoms with Gasteiger partial charge in [-0.1, -0.05) is 75.8 Å². The van der Waals surface area contributed by atoms with Crippen LogP contribution < -0.4 is 11.1 Å². The number of unbranched alkanes of at least 4 members (excludes halogenated alkanes) is 5. The second-order valence-electron chi connectivity index (χ2n) is 6.05. The first-order valence-corrected chi connectivity index (χ1v) is 8.77. The van der Waals surface area contributed by atoms with Crippen molar-refractivity contribution in [2.24, 2.45) is 5.73 Å². The molecule has 0 spiro atoms. The molecule has 0 aromatic heterocycles. The van der Waals surface area contributed by atoms with Gasteiger partial charge in [-0.15, -0.1) is 0 Å². The van der Waals surface area contributed by atoms with Crippen molar-refractivity contribution in [2.45, 2.75) is 64.0 Å². The molecule has 1 aromatic carbocycles. The SMILES string of the molecule is CCCCCCCC[C@H](NC(=O)[C@H](OC)c1ccccc1)C(N)=O. The van der Waals surface area contributed by atoms with Crippen molar-refractivity contribution < 1.29 is 14.3 Å². The molecule has 5 nitrogen and oxygen atoms in total. The van der Waals surface area contributed by atoms with E-state index >= 15 is 0 Å². The number of amides is 2. The van der Waals surface area contributed by atoms with E-state index in [1.165, 1.54) is 26.4 Å². The standard InChI is InChI=1S/C19H30N2O3/c1-3-4-5-6-7-11-14-16(18(20)22)21-19(23)17(24-2)15-12-9-8-10-13-15/h8-10,12-13,16-17H,3-7,11,14H2,1-2H3,(H2,20,22)(H,21,23)/t16-,17+/m0/s1. The molecule has 3 N–H and O–H groups in total. The molecular weight excluding hydrogens is 304 g/mol. The van der Waals surface area contributed by atoms with Crippen molar-refractivity contribution in [2.75, 3.05) is 7.11 Å². The minimum absolute atomic E-state index is 0.335. The molecule has 0 radical (unpaired) electrons. The van der Waals surface area contributed by atoms with E-state index < -0.39 is 18.1 Å². The molecule has 0 saturated carbocycles. The molecule has 1 aromatic rings. The van der Waals surface area contributed by atoms with Crippen LogP contribution >= 0.6 is 0 Å². The maximum atomic E-state index is 12.4. The van der Waals surface area contributed by atoms with E-state index in [2.05, 4.69) is 12.2 Å². The maximum Gasteiger partial charge on any atom is 0.254 e. The predicted octanol–water partition coefficient (Wildman–Crippen LogP) is 3.09. The molecule has 0 saturated heterocycles. The minimum Gasteiger partial charge on any atom is -0.368 e. The Bertz CT molecular complexity index is 491. The number of rotatable bonds is 12. The van der Waals surface area contributed by atoms with Gasteiger partial charge in [0.25, 0.3) is 5.91 Å². The first-order valence-electron chi connectivity index (χ1n) is 8.77. The summed E-state index contributed by atoms with van der Waals surface area (Å²) in [5, 5.41) is 2.73. The molecular formula is C19H30N2O3. The molecule has 1 rings (SSSR count). The summed E-state index contributed by atoms with van der Waals surface area (Å²) in [6, 6.07) is 8.55. The number of benzene rings is 1. The Morgan fingerprint density at radius 3 is 2.29 bits per heavy atom. The third-order valence-corrected chi connectivity index (χ3v) is 4.08. The molecule has 0 aliphatic heterocycles. The van der Waals surface area contributed by atoms with E-state index in [9.17, 15) is 9.59 Å². The smallest absolute Gasteiger partial charge is 0.254 e. The topological polar surface area (TPSA) is 81.4 Å². The van der Waals surface area contributed by atoms with E-state index in [1.54, 1.807) is 0 Å². The fourth-order valence-corrected chi connectivity index (χ4v) is 2.68. The Morgan fingerprint density at radius 1 is 1.08 bits per heavy atom. The second kappa shape index (κ2) is 11.6. The lowest BCUT2D eigenvalue weighted by molar-refractivity contribution is -0.135. The number of carbonyl (C=O) groups is 2. The Hall–Kier alpha value is -1.88. The number of carbonyl (C=O) groups excluding carboxylic acids is 2.